The zero-order chi connectivity index (χ0) is 23.0. The van der Waals surface area contributed by atoms with Crippen LogP contribution in [0.1, 0.15) is 37.3 Å². The van der Waals surface area contributed by atoms with Gasteiger partial charge in [0.15, 0.2) is 11.5 Å². The number of hydrogen-bond acceptors (Lipinski definition) is 5. The second-order valence-electron chi connectivity index (χ2n) is 8.75. The van der Waals surface area contributed by atoms with Crippen molar-refractivity contribution in [1.82, 2.24) is 9.21 Å². The molecule has 0 aromatic heterocycles. The molecule has 3 aliphatic heterocycles. The average Bonchev–Trinajstić information content (AvgIpc) is 3.33. The highest BCUT2D eigenvalue weighted by atomic mass is 32.2. The van der Waals surface area contributed by atoms with Gasteiger partial charge in [-0.05, 0) is 67.6 Å². The Labute approximate surface area is 193 Å². The van der Waals surface area contributed by atoms with Crippen molar-refractivity contribution in [2.45, 2.75) is 36.6 Å². The number of ether oxygens (including phenoxy) is 2. The predicted molar refractivity (Wildman–Crippen MR) is 119 cm³/mol. The number of rotatable bonds is 4. The number of hydrogen-bond donors (Lipinski definition) is 0. The highest BCUT2D eigenvalue weighted by molar-refractivity contribution is 7.89. The van der Waals surface area contributed by atoms with Crippen LogP contribution in [0.15, 0.2) is 47.4 Å². The molecule has 1 amide bonds. The van der Waals surface area contributed by atoms with E-state index in [1.54, 1.807) is 0 Å². The van der Waals surface area contributed by atoms with Crippen LogP contribution in [0.25, 0.3) is 0 Å². The van der Waals surface area contributed by atoms with E-state index in [2.05, 4.69) is 0 Å². The minimum atomic E-state index is -3.78. The Morgan fingerprint density at radius 3 is 2.45 bits per heavy atom. The van der Waals surface area contributed by atoms with Gasteiger partial charge in [0.1, 0.15) is 19.0 Å². The zero-order valence-corrected chi connectivity index (χ0v) is 19.1. The van der Waals surface area contributed by atoms with E-state index in [1.807, 2.05) is 23.1 Å². The normalized spacial score (nSPS) is 23.5. The molecular weight excluding hydrogens is 447 g/mol. The Kier molecular flexibility index (Phi) is 6.01. The summed E-state index contributed by atoms with van der Waals surface area (Å²) in [6.45, 7) is 2.18. The molecule has 0 saturated carbocycles. The van der Waals surface area contributed by atoms with Crippen LogP contribution in [0.5, 0.6) is 11.5 Å². The molecule has 0 spiro atoms. The Morgan fingerprint density at radius 1 is 0.939 bits per heavy atom. The van der Waals surface area contributed by atoms with Gasteiger partial charge in [0.2, 0.25) is 15.9 Å². The second kappa shape index (κ2) is 8.95. The zero-order valence-electron chi connectivity index (χ0n) is 18.3. The van der Waals surface area contributed by atoms with Crippen LogP contribution >= 0.6 is 0 Å². The maximum absolute atomic E-state index is 13.5. The summed E-state index contributed by atoms with van der Waals surface area (Å²) in [7, 11) is -3.78. The van der Waals surface area contributed by atoms with Crippen molar-refractivity contribution >= 4 is 15.9 Å². The summed E-state index contributed by atoms with van der Waals surface area (Å²) in [4.78, 5) is 15.5. The minimum Gasteiger partial charge on any atom is -0.486 e. The number of sulfonamides is 1. The lowest BCUT2D eigenvalue weighted by molar-refractivity contribution is -0.137. The van der Waals surface area contributed by atoms with Gasteiger partial charge in [0.05, 0.1) is 16.9 Å². The molecule has 2 aromatic carbocycles. The molecule has 5 rings (SSSR count). The topological polar surface area (TPSA) is 76.2 Å². The van der Waals surface area contributed by atoms with Gasteiger partial charge in [0.25, 0.3) is 0 Å². The molecule has 0 radical (unpaired) electrons. The highest BCUT2D eigenvalue weighted by Crippen LogP contribution is 2.39. The van der Waals surface area contributed by atoms with Crippen LogP contribution in [0.2, 0.25) is 0 Å². The summed E-state index contributed by atoms with van der Waals surface area (Å²) in [6, 6.07) is 10.6. The fraction of sp³-hybridized carbons (Fsp3) is 0.458. The molecule has 2 saturated heterocycles. The van der Waals surface area contributed by atoms with E-state index in [0.717, 1.165) is 36.3 Å². The first-order chi connectivity index (χ1) is 15.9. The first kappa shape index (κ1) is 22.2. The molecule has 2 atom stereocenters. The predicted octanol–water partition coefficient (Wildman–Crippen LogP) is 3.36. The summed E-state index contributed by atoms with van der Waals surface area (Å²) < 4.78 is 52.1. The maximum Gasteiger partial charge on any atom is 0.243 e. The smallest absolute Gasteiger partial charge is 0.243 e. The third kappa shape index (κ3) is 4.31. The molecule has 7 nitrogen and oxygen atoms in total. The molecule has 3 heterocycles. The number of piperidine rings is 1. The van der Waals surface area contributed by atoms with Crippen molar-refractivity contribution in [1.29, 1.82) is 0 Å². The summed E-state index contributed by atoms with van der Waals surface area (Å²) in [5.74, 6) is 0.528. The van der Waals surface area contributed by atoms with E-state index >= 15 is 0 Å². The third-order valence-electron chi connectivity index (χ3n) is 6.67. The third-order valence-corrected chi connectivity index (χ3v) is 8.55. The Balaban J connectivity index is 1.32. The Hall–Kier alpha value is -2.65. The number of fused-ring (bicyclic) bond motifs is 1. The molecule has 9 heteroatoms. The largest absolute Gasteiger partial charge is 0.486 e. The number of benzene rings is 2. The fourth-order valence-electron chi connectivity index (χ4n) is 5.00. The van der Waals surface area contributed by atoms with Crippen molar-refractivity contribution in [2.75, 3.05) is 32.8 Å². The van der Waals surface area contributed by atoms with E-state index in [4.69, 9.17) is 9.47 Å². The van der Waals surface area contributed by atoms with Crippen LogP contribution in [-0.4, -0.2) is 56.4 Å². The molecule has 176 valence electrons. The van der Waals surface area contributed by atoms with Gasteiger partial charge in [0, 0.05) is 19.6 Å². The fourth-order valence-corrected chi connectivity index (χ4v) is 6.52. The molecule has 2 fully saturated rings. The average molecular weight is 475 g/mol. The first-order valence-corrected chi connectivity index (χ1v) is 12.8. The molecule has 0 aliphatic carbocycles. The van der Waals surface area contributed by atoms with Gasteiger partial charge in [-0.3, -0.25) is 4.79 Å². The summed E-state index contributed by atoms with van der Waals surface area (Å²) >= 11 is 0. The van der Waals surface area contributed by atoms with Gasteiger partial charge in [-0.2, -0.15) is 4.31 Å². The van der Waals surface area contributed by atoms with Crippen LogP contribution in [-0.2, 0) is 14.8 Å². The number of carbonyl (C=O) groups excluding carboxylic acids is 1. The van der Waals surface area contributed by atoms with Crippen molar-refractivity contribution in [3.8, 4) is 11.5 Å². The summed E-state index contributed by atoms with van der Waals surface area (Å²) in [6.07, 6.45) is 3.02. The van der Waals surface area contributed by atoms with E-state index in [-0.39, 0.29) is 23.4 Å². The molecule has 0 bridgehead atoms. The van der Waals surface area contributed by atoms with Crippen molar-refractivity contribution in [3.05, 3.63) is 53.8 Å². The summed E-state index contributed by atoms with van der Waals surface area (Å²) in [5, 5.41) is 0. The molecular formula is C24H27FN2O5S. The number of carbonyl (C=O) groups is 1. The maximum atomic E-state index is 13.5. The molecule has 3 aliphatic rings. The van der Waals surface area contributed by atoms with E-state index in [9.17, 15) is 17.6 Å². The Bertz CT molecular complexity index is 1140. The van der Waals surface area contributed by atoms with Crippen molar-refractivity contribution in [3.63, 3.8) is 0 Å². The lowest BCUT2D eigenvalue weighted by Crippen LogP contribution is -2.46. The van der Waals surface area contributed by atoms with E-state index in [0.29, 0.717) is 44.9 Å². The van der Waals surface area contributed by atoms with Crippen molar-refractivity contribution in [2.24, 2.45) is 5.92 Å². The van der Waals surface area contributed by atoms with E-state index < -0.39 is 21.8 Å². The number of halogens is 1. The number of likely N-dealkylation sites (tertiary alicyclic amines) is 1. The van der Waals surface area contributed by atoms with Gasteiger partial charge < -0.3 is 14.4 Å². The molecule has 33 heavy (non-hydrogen) atoms. The molecule has 0 unspecified atom stereocenters. The number of nitrogens with zero attached hydrogens (tertiary/aromatic N) is 2. The molecule has 0 N–H and O–H groups in total. The summed E-state index contributed by atoms with van der Waals surface area (Å²) in [5.41, 5.74) is 1.01. The van der Waals surface area contributed by atoms with Gasteiger partial charge >= 0.3 is 0 Å². The van der Waals surface area contributed by atoms with Gasteiger partial charge in [-0.1, -0.05) is 6.07 Å². The number of amides is 1. The standard InChI is InChI=1S/C24H27FN2O5S/c25-19-6-8-20(9-7-19)33(29,30)26-11-1-3-18(16-26)24(28)27-12-2-4-21(27)17-5-10-22-23(15-17)32-14-13-31-22/h5-10,15,18,21H,1-4,11-14,16H2/t18-,21+/m1/s1. The second-order valence-corrected chi connectivity index (χ2v) is 10.7. The van der Waals surface area contributed by atoms with Gasteiger partial charge in [-0.25, -0.2) is 12.8 Å². The van der Waals surface area contributed by atoms with Gasteiger partial charge in [-0.15, -0.1) is 0 Å². The van der Waals surface area contributed by atoms with Crippen LogP contribution in [0, 0.1) is 11.7 Å². The Morgan fingerprint density at radius 2 is 1.67 bits per heavy atom. The van der Waals surface area contributed by atoms with Crippen LogP contribution < -0.4 is 9.47 Å². The van der Waals surface area contributed by atoms with Crippen molar-refractivity contribution < 1.29 is 27.1 Å². The monoisotopic (exact) mass is 474 g/mol. The quantitative estimate of drug-likeness (QED) is 0.679. The minimum absolute atomic E-state index is 0.00797. The highest BCUT2D eigenvalue weighted by Gasteiger charge is 2.39. The lowest BCUT2D eigenvalue weighted by Gasteiger charge is -2.35. The van der Waals surface area contributed by atoms with Crippen LogP contribution in [0.3, 0.4) is 0 Å². The lowest BCUT2D eigenvalue weighted by atomic mass is 9.96. The SMILES string of the molecule is O=C([C@@H]1CCCN(S(=O)(=O)c2ccc(F)cc2)C1)N1CCC[C@H]1c1ccc2c(c1)OCCO2. The molecule has 2 aromatic rings. The van der Waals surface area contributed by atoms with E-state index in [1.165, 1.54) is 16.4 Å². The van der Waals surface area contributed by atoms with Crippen LogP contribution in [0.4, 0.5) is 4.39 Å². The first-order valence-electron chi connectivity index (χ1n) is 11.4.